The lowest BCUT2D eigenvalue weighted by Crippen LogP contribution is -2.49. The van der Waals surface area contributed by atoms with Gasteiger partial charge in [-0.1, -0.05) is 12.1 Å². The lowest BCUT2D eigenvalue weighted by atomic mass is 10.1. The number of guanidine groups is 1. The maximum Gasteiger partial charge on any atom is 0.409 e. The van der Waals surface area contributed by atoms with E-state index in [-0.39, 0.29) is 12.1 Å². The van der Waals surface area contributed by atoms with Crippen LogP contribution in [-0.4, -0.2) is 54.9 Å². The highest BCUT2D eigenvalue weighted by atomic mass is 16.6. The van der Waals surface area contributed by atoms with E-state index in [0.29, 0.717) is 26.2 Å². The van der Waals surface area contributed by atoms with E-state index in [1.807, 2.05) is 19.9 Å². The number of nitrogens with one attached hydrogen (secondary N) is 2. The summed E-state index contributed by atoms with van der Waals surface area (Å²) < 4.78 is 10.3. The molecule has 1 aliphatic heterocycles. The van der Waals surface area contributed by atoms with Crippen LogP contribution in [0.25, 0.3) is 0 Å². The summed E-state index contributed by atoms with van der Waals surface area (Å²) in [5, 5.41) is 10.6. The second kappa shape index (κ2) is 9.14. The van der Waals surface area contributed by atoms with Gasteiger partial charge in [-0.2, -0.15) is 0 Å². The first-order valence-electron chi connectivity index (χ1n) is 8.49. The summed E-state index contributed by atoms with van der Waals surface area (Å²) in [4.78, 5) is 17.7. The average molecular weight is 337 g/mol. The molecule has 0 aromatic carbocycles. The molecule has 0 saturated carbocycles. The molecule has 134 valence electrons. The molecule has 0 unspecified atom stereocenters. The van der Waals surface area contributed by atoms with Gasteiger partial charge >= 0.3 is 6.09 Å². The van der Waals surface area contributed by atoms with E-state index in [2.05, 4.69) is 20.8 Å². The van der Waals surface area contributed by atoms with Crippen molar-refractivity contribution < 1.29 is 14.1 Å². The van der Waals surface area contributed by atoms with Gasteiger partial charge < -0.3 is 24.8 Å². The van der Waals surface area contributed by atoms with Crippen LogP contribution in [0.4, 0.5) is 4.79 Å². The Bertz CT molecular complexity index is 550. The number of piperidine rings is 1. The molecular weight excluding hydrogens is 310 g/mol. The second-order valence-corrected chi connectivity index (χ2v) is 5.67. The molecule has 1 aromatic rings. The molecule has 8 nitrogen and oxygen atoms in total. The van der Waals surface area contributed by atoms with E-state index in [0.717, 1.165) is 36.7 Å². The summed E-state index contributed by atoms with van der Waals surface area (Å²) in [6.45, 7) is 6.19. The van der Waals surface area contributed by atoms with Crippen LogP contribution in [0.1, 0.15) is 38.1 Å². The predicted octanol–water partition coefficient (Wildman–Crippen LogP) is 1.52. The van der Waals surface area contributed by atoms with Crippen molar-refractivity contribution in [1.29, 1.82) is 0 Å². The zero-order valence-corrected chi connectivity index (χ0v) is 14.7. The quantitative estimate of drug-likeness (QED) is 0.625. The van der Waals surface area contributed by atoms with Gasteiger partial charge in [0, 0.05) is 32.2 Å². The van der Waals surface area contributed by atoms with Gasteiger partial charge in [0.15, 0.2) is 11.7 Å². The van der Waals surface area contributed by atoms with Gasteiger partial charge in [-0.25, -0.2) is 4.79 Å². The van der Waals surface area contributed by atoms with Gasteiger partial charge in [0.25, 0.3) is 0 Å². The van der Waals surface area contributed by atoms with Crippen LogP contribution in [0.15, 0.2) is 15.6 Å². The molecule has 2 rings (SSSR count). The topological polar surface area (TPSA) is 92.0 Å². The standard InChI is InChI=1S/C16H27N5O3/c1-4-12-10-14(24-20-12)11-18-15(17-3)19-13-6-8-21(9-7-13)16(22)23-5-2/h10,13H,4-9,11H2,1-3H3,(H2,17,18,19). The summed E-state index contributed by atoms with van der Waals surface area (Å²) in [6, 6.07) is 2.22. The first-order chi connectivity index (χ1) is 11.7. The molecule has 1 aromatic heterocycles. The highest BCUT2D eigenvalue weighted by Gasteiger charge is 2.24. The minimum atomic E-state index is -0.226. The number of hydrogen-bond donors (Lipinski definition) is 2. The Morgan fingerprint density at radius 1 is 1.46 bits per heavy atom. The molecule has 2 N–H and O–H groups in total. The smallest absolute Gasteiger partial charge is 0.409 e. The van der Waals surface area contributed by atoms with Crippen molar-refractivity contribution in [1.82, 2.24) is 20.7 Å². The Balaban J connectivity index is 1.74. The van der Waals surface area contributed by atoms with E-state index >= 15 is 0 Å². The maximum atomic E-state index is 11.7. The van der Waals surface area contributed by atoms with Gasteiger partial charge in [0.05, 0.1) is 18.8 Å². The molecule has 1 amide bonds. The number of likely N-dealkylation sites (tertiary alicyclic amines) is 1. The van der Waals surface area contributed by atoms with Crippen molar-refractivity contribution >= 4 is 12.1 Å². The highest BCUT2D eigenvalue weighted by molar-refractivity contribution is 5.79. The number of amides is 1. The Hall–Kier alpha value is -2.25. The SMILES string of the molecule is CCOC(=O)N1CCC(NC(=NC)NCc2cc(CC)no2)CC1. The number of nitrogens with zero attached hydrogens (tertiary/aromatic N) is 3. The largest absolute Gasteiger partial charge is 0.450 e. The Morgan fingerprint density at radius 2 is 2.21 bits per heavy atom. The maximum absolute atomic E-state index is 11.7. The predicted molar refractivity (Wildman–Crippen MR) is 90.8 cm³/mol. The third-order valence-electron chi connectivity index (χ3n) is 3.99. The fraction of sp³-hybridized carbons (Fsp3) is 0.688. The summed E-state index contributed by atoms with van der Waals surface area (Å²) >= 11 is 0. The third-order valence-corrected chi connectivity index (χ3v) is 3.99. The van der Waals surface area contributed by atoms with Crippen LogP contribution in [0, 0.1) is 0 Å². The van der Waals surface area contributed by atoms with E-state index in [1.54, 1.807) is 11.9 Å². The number of carbonyl (C=O) groups is 1. The first-order valence-corrected chi connectivity index (χ1v) is 8.49. The highest BCUT2D eigenvalue weighted by Crippen LogP contribution is 2.11. The van der Waals surface area contributed by atoms with E-state index in [1.165, 1.54) is 0 Å². The number of aromatic nitrogens is 1. The average Bonchev–Trinajstić information content (AvgIpc) is 3.07. The Morgan fingerprint density at radius 3 is 2.79 bits per heavy atom. The van der Waals surface area contributed by atoms with Gasteiger partial charge in [0.1, 0.15) is 0 Å². The van der Waals surface area contributed by atoms with Crippen LogP contribution in [0.2, 0.25) is 0 Å². The molecule has 0 aliphatic carbocycles. The molecule has 1 aliphatic rings. The summed E-state index contributed by atoms with van der Waals surface area (Å²) in [6.07, 6.45) is 2.36. The summed E-state index contributed by atoms with van der Waals surface area (Å²) in [5.74, 6) is 1.51. The fourth-order valence-corrected chi connectivity index (χ4v) is 2.59. The Labute approximate surface area is 142 Å². The van der Waals surface area contributed by atoms with Crippen LogP contribution in [0.3, 0.4) is 0 Å². The number of ether oxygens (including phenoxy) is 1. The molecule has 2 heterocycles. The number of carbonyl (C=O) groups excluding carboxylic acids is 1. The lowest BCUT2D eigenvalue weighted by Gasteiger charge is -2.32. The molecule has 8 heteroatoms. The second-order valence-electron chi connectivity index (χ2n) is 5.67. The molecule has 0 spiro atoms. The van der Waals surface area contributed by atoms with E-state index < -0.39 is 0 Å². The van der Waals surface area contributed by atoms with Crippen LogP contribution in [-0.2, 0) is 17.7 Å². The zero-order chi connectivity index (χ0) is 17.4. The molecule has 0 bridgehead atoms. The summed E-state index contributed by atoms with van der Waals surface area (Å²) in [7, 11) is 1.74. The normalized spacial score (nSPS) is 16.1. The van der Waals surface area contributed by atoms with Gasteiger partial charge in [-0.05, 0) is 26.2 Å². The number of aliphatic imine (C=N–C) groups is 1. The molecule has 0 radical (unpaired) electrons. The van der Waals surface area contributed by atoms with E-state index in [4.69, 9.17) is 9.26 Å². The summed E-state index contributed by atoms with van der Waals surface area (Å²) in [5.41, 5.74) is 0.945. The van der Waals surface area contributed by atoms with Crippen LogP contribution < -0.4 is 10.6 Å². The van der Waals surface area contributed by atoms with Crippen LogP contribution >= 0.6 is 0 Å². The minimum Gasteiger partial charge on any atom is -0.450 e. The van der Waals surface area contributed by atoms with Crippen molar-refractivity contribution in [3.63, 3.8) is 0 Å². The monoisotopic (exact) mass is 337 g/mol. The van der Waals surface area contributed by atoms with Gasteiger partial charge in [-0.15, -0.1) is 0 Å². The van der Waals surface area contributed by atoms with Gasteiger partial charge in [0.2, 0.25) is 0 Å². The zero-order valence-electron chi connectivity index (χ0n) is 14.7. The fourth-order valence-electron chi connectivity index (χ4n) is 2.59. The van der Waals surface area contributed by atoms with Crippen molar-refractivity contribution in [2.45, 2.75) is 45.7 Å². The molecular formula is C16H27N5O3. The minimum absolute atomic E-state index is 0.226. The molecule has 1 saturated heterocycles. The van der Waals surface area contributed by atoms with E-state index in [9.17, 15) is 4.79 Å². The number of aryl methyl sites for hydroxylation is 1. The first kappa shape index (κ1) is 18.1. The molecule has 1 fully saturated rings. The van der Waals surface area contributed by atoms with Crippen molar-refractivity contribution in [2.75, 3.05) is 26.7 Å². The molecule has 24 heavy (non-hydrogen) atoms. The molecule has 0 atom stereocenters. The van der Waals surface area contributed by atoms with Crippen molar-refractivity contribution in [3.05, 3.63) is 17.5 Å². The van der Waals surface area contributed by atoms with Crippen LogP contribution in [0.5, 0.6) is 0 Å². The lowest BCUT2D eigenvalue weighted by molar-refractivity contribution is 0.0963. The van der Waals surface area contributed by atoms with Crippen molar-refractivity contribution in [3.8, 4) is 0 Å². The number of hydrogen-bond acceptors (Lipinski definition) is 5. The van der Waals surface area contributed by atoms with Gasteiger partial charge in [-0.3, -0.25) is 4.99 Å². The Kier molecular flexibility index (Phi) is 6.89. The number of rotatable bonds is 5. The third kappa shape index (κ3) is 5.14. The van der Waals surface area contributed by atoms with Crippen molar-refractivity contribution in [2.24, 2.45) is 4.99 Å².